The van der Waals surface area contributed by atoms with E-state index in [2.05, 4.69) is 26.0 Å². The van der Waals surface area contributed by atoms with Crippen LogP contribution < -0.4 is 21.5 Å². The lowest BCUT2D eigenvalue weighted by molar-refractivity contribution is -0.102. The summed E-state index contributed by atoms with van der Waals surface area (Å²) in [6, 6.07) is 3.43. The normalized spacial score (nSPS) is 23.5. The van der Waals surface area contributed by atoms with Crippen LogP contribution in [0.15, 0.2) is 35.4 Å². The maximum Gasteiger partial charge on any atom is 0.274 e. The molecular formula is C22H25F2N7O3. The number of halogens is 2. The van der Waals surface area contributed by atoms with Gasteiger partial charge in [-0.2, -0.15) is 9.61 Å². The number of aromatic nitrogens is 4. The number of hydrogen-bond donors (Lipinski definition) is 4. The van der Waals surface area contributed by atoms with E-state index in [9.17, 15) is 23.5 Å². The van der Waals surface area contributed by atoms with E-state index in [1.165, 1.54) is 15.3 Å². The molecule has 3 atom stereocenters. The number of aliphatic hydroxyl groups excluding tert-OH is 1. The van der Waals surface area contributed by atoms with Gasteiger partial charge in [0, 0.05) is 25.7 Å². The van der Waals surface area contributed by atoms with Crippen molar-refractivity contribution in [3.8, 4) is 0 Å². The molecule has 34 heavy (non-hydrogen) atoms. The van der Waals surface area contributed by atoms with Crippen molar-refractivity contribution >= 4 is 28.9 Å². The second-order valence-electron chi connectivity index (χ2n) is 8.72. The zero-order valence-corrected chi connectivity index (χ0v) is 18.5. The van der Waals surface area contributed by atoms with Gasteiger partial charge in [0.25, 0.3) is 17.4 Å². The number of hydrogen-bond acceptors (Lipinski definition) is 7. The molecule has 10 nitrogen and oxygen atoms in total. The molecule has 0 aromatic carbocycles. The van der Waals surface area contributed by atoms with E-state index in [1.807, 2.05) is 0 Å². The first kappa shape index (κ1) is 22.3. The largest absolute Gasteiger partial charge is 0.391 e. The van der Waals surface area contributed by atoms with Crippen LogP contribution in [-0.2, 0) is 0 Å². The Hall–Kier alpha value is -3.54. The highest BCUT2D eigenvalue weighted by molar-refractivity contribution is 6.00. The molecule has 3 aromatic rings. The van der Waals surface area contributed by atoms with Crippen LogP contribution in [0, 0.1) is 0 Å². The highest BCUT2D eigenvalue weighted by atomic mass is 19.3. The minimum absolute atomic E-state index is 0.0439. The van der Waals surface area contributed by atoms with Gasteiger partial charge in [-0.25, -0.2) is 13.8 Å². The first-order valence-electron chi connectivity index (χ1n) is 11.2. The van der Waals surface area contributed by atoms with Crippen molar-refractivity contribution < 1.29 is 18.7 Å². The molecule has 1 amide bonds. The molecule has 4 N–H and O–H groups in total. The lowest BCUT2D eigenvalue weighted by Crippen LogP contribution is -2.55. The van der Waals surface area contributed by atoms with E-state index in [4.69, 9.17) is 0 Å². The predicted octanol–water partition coefficient (Wildman–Crippen LogP) is 2.29. The molecule has 12 heteroatoms. The fourth-order valence-electron chi connectivity index (χ4n) is 4.54. The molecular weight excluding hydrogens is 448 g/mol. The SMILES string of the molecule is CNc1cc(Nc2cccn([C@H]3CCC[C@H]3O)c2=O)nc2c(C(=O)N[C@@H]3CCC3(F)F)cnn12. The van der Waals surface area contributed by atoms with Crippen LogP contribution in [0.2, 0.25) is 0 Å². The van der Waals surface area contributed by atoms with Crippen molar-refractivity contribution in [2.45, 2.75) is 56.2 Å². The van der Waals surface area contributed by atoms with Crippen LogP contribution in [-0.4, -0.2) is 55.3 Å². The first-order valence-corrected chi connectivity index (χ1v) is 11.2. The van der Waals surface area contributed by atoms with Crippen LogP contribution in [0.3, 0.4) is 0 Å². The Balaban J connectivity index is 1.47. The second kappa shape index (κ2) is 8.35. The maximum atomic E-state index is 13.6. The minimum atomic E-state index is -2.92. The number of rotatable bonds is 6. The summed E-state index contributed by atoms with van der Waals surface area (Å²) in [6.45, 7) is 0. The third-order valence-electron chi connectivity index (χ3n) is 6.59. The average Bonchev–Trinajstić information content (AvgIpc) is 3.43. The number of nitrogens with one attached hydrogen (secondary N) is 3. The van der Waals surface area contributed by atoms with E-state index in [-0.39, 0.29) is 47.2 Å². The summed E-state index contributed by atoms with van der Waals surface area (Å²) in [4.78, 5) is 30.2. The van der Waals surface area contributed by atoms with E-state index in [0.717, 1.165) is 6.42 Å². The number of carbonyl (C=O) groups is 1. The summed E-state index contributed by atoms with van der Waals surface area (Å²) in [7, 11) is 1.66. The van der Waals surface area contributed by atoms with Crippen molar-refractivity contribution in [2.75, 3.05) is 17.7 Å². The van der Waals surface area contributed by atoms with Crippen molar-refractivity contribution in [3.05, 3.63) is 46.5 Å². The number of aliphatic hydroxyl groups is 1. The molecule has 0 bridgehead atoms. The van der Waals surface area contributed by atoms with Crippen molar-refractivity contribution in [1.29, 1.82) is 0 Å². The average molecular weight is 473 g/mol. The van der Waals surface area contributed by atoms with Crippen molar-refractivity contribution in [3.63, 3.8) is 0 Å². The van der Waals surface area contributed by atoms with Gasteiger partial charge in [0.2, 0.25) is 0 Å². The Morgan fingerprint density at radius 3 is 2.76 bits per heavy atom. The number of anilines is 3. The third-order valence-corrected chi connectivity index (χ3v) is 6.59. The second-order valence-corrected chi connectivity index (χ2v) is 8.72. The van der Waals surface area contributed by atoms with Gasteiger partial charge >= 0.3 is 0 Å². The van der Waals surface area contributed by atoms with Crippen LogP contribution in [0.5, 0.6) is 0 Å². The van der Waals surface area contributed by atoms with Gasteiger partial charge in [0.1, 0.15) is 22.9 Å². The zero-order chi connectivity index (χ0) is 24.0. The van der Waals surface area contributed by atoms with Gasteiger partial charge in [-0.05, 0) is 37.8 Å². The third kappa shape index (κ3) is 3.77. The van der Waals surface area contributed by atoms with Gasteiger partial charge in [0.05, 0.1) is 24.4 Å². The van der Waals surface area contributed by atoms with Gasteiger partial charge in [-0.15, -0.1) is 0 Å². The van der Waals surface area contributed by atoms with Crippen LogP contribution in [0.4, 0.5) is 26.1 Å². The summed E-state index contributed by atoms with van der Waals surface area (Å²) in [5, 5.41) is 22.7. The first-order chi connectivity index (χ1) is 16.3. The lowest BCUT2D eigenvalue weighted by atomic mass is 9.88. The monoisotopic (exact) mass is 473 g/mol. The number of amides is 1. The number of alkyl halides is 2. The molecule has 3 heterocycles. The summed E-state index contributed by atoms with van der Waals surface area (Å²) >= 11 is 0. The van der Waals surface area contributed by atoms with Crippen molar-refractivity contribution in [2.24, 2.45) is 0 Å². The molecule has 2 aliphatic carbocycles. The Morgan fingerprint density at radius 2 is 2.12 bits per heavy atom. The number of carbonyl (C=O) groups excluding carboxylic acids is 1. The molecule has 180 valence electrons. The van der Waals surface area contributed by atoms with Gasteiger partial charge in [-0.3, -0.25) is 9.59 Å². The highest BCUT2D eigenvalue weighted by Gasteiger charge is 2.49. The van der Waals surface area contributed by atoms with E-state index in [0.29, 0.717) is 18.7 Å². The number of pyridine rings is 1. The standard InChI is InChI=1S/C22H25F2N7O3/c1-25-18-10-17(27-13-4-3-9-30(21(13)34)14-5-2-6-15(14)32)29-19-12(11-26-31(18)19)20(33)28-16-7-8-22(16,23)24/h3-4,9-11,14-16,25,32H,2,5-8H2,1H3,(H,27,29)(H,28,33)/t14-,15+,16+/m0/s1. The summed E-state index contributed by atoms with van der Waals surface area (Å²) in [5.41, 5.74) is 0.138. The van der Waals surface area contributed by atoms with Crippen LogP contribution in [0.1, 0.15) is 48.5 Å². The van der Waals surface area contributed by atoms with E-state index < -0.39 is 24.0 Å². The molecule has 0 radical (unpaired) electrons. The Kier molecular flexibility index (Phi) is 5.47. The summed E-state index contributed by atoms with van der Waals surface area (Å²) < 4.78 is 30.2. The molecule has 0 spiro atoms. The number of fused-ring (bicyclic) bond motifs is 1. The molecule has 0 saturated heterocycles. The summed E-state index contributed by atoms with van der Waals surface area (Å²) in [6.07, 6.45) is 4.51. The molecule has 5 rings (SSSR count). The smallest absolute Gasteiger partial charge is 0.274 e. The van der Waals surface area contributed by atoms with E-state index in [1.54, 1.807) is 31.4 Å². The molecule has 2 aliphatic rings. The highest BCUT2D eigenvalue weighted by Crippen LogP contribution is 2.37. The maximum absolute atomic E-state index is 13.6. The Morgan fingerprint density at radius 1 is 1.29 bits per heavy atom. The molecule has 0 unspecified atom stereocenters. The fourth-order valence-corrected chi connectivity index (χ4v) is 4.54. The molecule has 2 fully saturated rings. The number of nitrogens with zero attached hydrogens (tertiary/aromatic N) is 4. The fraction of sp³-hybridized carbons (Fsp3) is 0.455. The molecule has 3 aromatic heterocycles. The van der Waals surface area contributed by atoms with Crippen molar-refractivity contribution in [1.82, 2.24) is 24.5 Å². The quantitative estimate of drug-likeness (QED) is 0.433. The van der Waals surface area contributed by atoms with Crippen LogP contribution >= 0.6 is 0 Å². The topological polar surface area (TPSA) is 126 Å². The van der Waals surface area contributed by atoms with E-state index >= 15 is 0 Å². The molecule has 0 aliphatic heterocycles. The lowest BCUT2D eigenvalue weighted by Gasteiger charge is -2.36. The predicted molar refractivity (Wildman–Crippen MR) is 121 cm³/mol. The van der Waals surface area contributed by atoms with Crippen LogP contribution in [0.25, 0.3) is 5.65 Å². The Labute approximate surface area is 193 Å². The van der Waals surface area contributed by atoms with Gasteiger partial charge in [-0.1, -0.05) is 0 Å². The Bertz CT molecular complexity index is 1310. The minimum Gasteiger partial charge on any atom is -0.391 e. The zero-order valence-electron chi connectivity index (χ0n) is 18.5. The van der Waals surface area contributed by atoms with Gasteiger partial charge < -0.3 is 25.6 Å². The molecule has 2 saturated carbocycles. The van der Waals surface area contributed by atoms with Gasteiger partial charge in [0.15, 0.2) is 5.65 Å². The summed E-state index contributed by atoms with van der Waals surface area (Å²) in [5.74, 6) is -2.87.